The number of rotatable bonds is 9. The third-order valence-corrected chi connectivity index (χ3v) is 6.79. The quantitative estimate of drug-likeness (QED) is 0.312. The summed E-state index contributed by atoms with van der Waals surface area (Å²) in [4.78, 5) is 49.8. The molecule has 3 heterocycles. The molecule has 1 saturated heterocycles. The van der Waals surface area contributed by atoms with Gasteiger partial charge in [-0.2, -0.15) is 0 Å². The van der Waals surface area contributed by atoms with E-state index in [9.17, 15) is 19.5 Å². The van der Waals surface area contributed by atoms with Gasteiger partial charge in [-0.3, -0.25) is 9.59 Å². The third-order valence-electron chi connectivity index (χ3n) is 6.79. The molecule has 0 aliphatic carbocycles. The van der Waals surface area contributed by atoms with E-state index < -0.39 is 24.5 Å². The summed E-state index contributed by atoms with van der Waals surface area (Å²) in [5, 5.41) is 23.9. The Bertz CT molecular complexity index is 1350. The number of benzene rings is 1. The van der Waals surface area contributed by atoms with Crippen molar-refractivity contribution in [2.24, 2.45) is 5.92 Å². The first-order chi connectivity index (χ1) is 19.2. The lowest BCUT2D eigenvalue weighted by molar-refractivity contribution is -0.135. The lowest BCUT2D eigenvalue weighted by Crippen LogP contribution is -2.35. The summed E-state index contributed by atoms with van der Waals surface area (Å²) in [5.74, 6) is -0.638. The number of nitrogens with zero attached hydrogens (tertiary/aromatic N) is 4. The Morgan fingerprint density at radius 1 is 1.02 bits per heavy atom. The number of carboxylic acids is 1. The maximum atomic E-state index is 12.3. The first kappa shape index (κ1) is 28.3. The van der Waals surface area contributed by atoms with Crippen molar-refractivity contribution in [3.63, 3.8) is 0 Å². The maximum Gasteiger partial charge on any atom is 0.407 e. The Kier molecular flexibility index (Phi) is 9.10. The summed E-state index contributed by atoms with van der Waals surface area (Å²) in [5.41, 5.74) is 3.05. The second kappa shape index (κ2) is 12.9. The highest BCUT2D eigenvalue weighted by molar-refractivity contribution is 5.96. The summed E-state index contributed by atoms with van der Waals surface area (Å²) in [6.07, 6.45) is 3.70. The number of carbonyl (C=O) groups is 3. The van der Waals surface area contributed by atoms with Gasteiger partial charge in [-0.15, -0.1) is 0 Å². The van der Waals surface area contributed by atoms with Gasteiger partial charge in [-0.1, -0.05) is 24.3 Å². The predicted octanol–water partition coefficient (Wildman–Crippen LogP) is 2.68. The minimum Gasteiger partial charge on any atom is -0.504 e. The molecular formula is C28H32N6O6. The summed E-state index contributed by atoms with van der Waals surface area (Å²) in [7, 11) is 1.33. The molecule has 210 valence electrons. The Balaban J connectivity index is 1.32. The Hall–Kier alpha value is -4.74. The van der Waals surface area contributed by atoms with Crippen LogP contribution in [-0.2, 0) is 22.5 Å². The van der Waals surface area contributed by atoms with Gasteiger partial charge in [-0.25, -0.2) is 19.7 Å². The fourth-order valence-electron chi connectivity index (χ4n) is 4.54. The number of pyridine rings is 1. The average molecular weight is 549 g/mol. The van der Waals surface area contributed by atoms with E-state index in [0.717, 1.165) is 48.4 Å². The van der Waals surface area contributed by atoms with Gasteiger partial charge >= 0.3 is 12.1 Å². The molecule has 0 spiro atoms. The molecule has 1 aliphatic rings. The van der Waals surface area contributed by atoms with Crippen molar-refractivity contribution < 1.29 is 29.3 Å². The van der Waals surface area contributed by atoms with E-state index >= 15 is 0 Å². The van der Waals surface area contributed by atoms with Crippen LogP contribution in [0.3, 0.4) is 0 Å². The highest BCUT2D eigenvalue weighted by atomic mass is 16.5. The normalized spacial score (nSPS) is 13.5. The van der Waals surface area contributed by atoms with E-state index in [1.165, 1.54) is 7.11 Å². The first-order valence-electron chi connectivity index (χ1n) is 12.9. The summed E-state index contributed by atoms with van der Waals surface area (Å²) < 4.78 is 4.59. The molecule has 4 N–H and O–H groups in total. The van der Waals surface area contributed by atoms with Crippen molar-refractivity contribution >= 4 is 23.8 Å². The van der Waals surface area contributed by atoms with Crippen molar-refractivity contribution in [2.75, 3.05) is 31.6 Å². The van der Waals surface area contributed by atoms with Crippen LogP contribution in [-0.4, -0.2) is 69.9 Å². The van der Waals surface area contributed by atoms with Gasteiger partial charge in [0.2, 0.25) is 0 Å². The number of carboxylic acid groups (broad SMARTS) is 1. The van der Waals surface area contributed by atoms with Crippen molar-refractivity contribution in [2.45, 2.75) is 32.7 Å². The number of anilines is 1. The molecule has 1 fully saturated rings. The van der Waals surface area contributed by atoms with Gasteiger partial charge in [0.15, 0.2) is 11.4 Å². The Labute approximate surface area is 231 Å². The number of carbonyl (C=O) groups excluding carboxylic acids is 2. The standard InChI is InChI=1S/C28H32N6O6/c1-17-26(37)25(27(38)30-16-24(35)36)33-22(32-17)13-18-9-11-34(12-10-18)23-8-7-21(15-29-23)20-5-3-19(4-6-20)14-31-28(39)40-2/h3-8,15,18,37H,9-14,16H2,1-2H3,(H,30,38)(H,31,39)(H,35,36). The zero-order valence-corrected chi connectivity index (χ0v) is 22.4. The van der Waals surface area contributed by atoms with E-state index in [1.807, 2.05) is 42.6 Å². The number of methoxy groups -OCH3 is 1. The van der Waals surface area contributed by atoms with Crippen LogP contribution in [0.15, 0.2) is 42.6 Å². The Morgan fingerprint density at radius 3 is 2.35 bits per heavy atom. The molecule has 4 rings (SSSR count). The number of ether oxygens (including phenoxy) is 1. The van der Waals surface area contributed by atoms with E-state index in [1.54, 1.807) is 6.92 Å². The van der Waals surface area contributed by atoms with Crippen molar-refractivity contribution in [3.8, 4) is 16.9 Å². The molecule has 3 aromatic rings. The van der Waals surface area contributed by atoms with Crippen LogP contribution in [0.5, 0.6) is 5.75 Å². The van der Waals surface area contributed by atoms with Gasteiger partial charge in [-0.05, 0) is 48.9 Å². The van der Waals surface area contributed by atoms with Gasteiger partial charge < -0.3 is 30.5 Å². The van der Waals surface area contributed by atoms with E-state index in [4.69, 9.17) is 5.11 Å². The van der Waals surface area contributed by atoms with Gasteiger partial charge in [0.25, 0.3) is 5.91 Å². The lowest BCUT2D eigenvalue weighted by Gasteiger charge is -2.32. The van der Waals surface area contributed by atoms with Crippen LogP contribution >= 0.6 is 0 Å². The molecule has 2 aromatic heterocycles. The zero-order chi connectivity index (χ0) is 28.6. The Morgan fingerprint density at radius 2 is 1.73 bits per heavy atom. The number of piperidine rings is 1. The van der Waals surface area contributed by atoms with Crippen molar-refractivity contribution in [1.29, 1.82) is 0 Å². The molecule has 0 saturated carbocycles. The summed E-state index contributed by atoms with van der Waals surface area (Å²) in [6, 6.07) is 11.9. The molecule has 0 bridgehead atoms. The van der Waals surface area contributed by atoms with Crippen LogP contribution in [0.4, 0.5) is 10.6 Å². The minimum atomic E-state index is -1.18. The number of hydrogen-bond acceptors (Lipinski definition) is 9. The topological polar surface area (TPSA) is 167 Å². The molecule has 12 heteroatoms. The van der Waals surface area contributed by atoms with Crippen LogP contribution < -0.4 is 15.5 Å². The number of hydrogen-bond donors (Lipinski definition) is 4. The van der Waals surface area contributed by atoms with Crippen molar-refractivity contribution in [3.05, 3.63) is 65.4 Å². The first-order valence-corrected chi connectivity index (χ1v) is 12.9. The lowest BCUT2D eigenvalue weighted by atomic mass is 9.93. The molecule has 40 heavy (non-hydrogen) atoms. The summed E-state index contributed by atoms with van der Waals surface area (Å²) in [6.45, 7) is 3.03. The molecule has 1 aliphatic heterocycles. The predicted molar refractivity (Wildman–Crippen MR) is 146 cm³/mol. The number of nitrogens with one attached hydrogen (secondary N) is 2. The van der Waals surface area contributed by atoms with Crippen LogP contribution in [0.1, 0.15) is 40.4 Å². The molecule has 0 unspecified atom stereocenters. The van der Waals surface area contributed by atoms with Crippen LogP contribution in [0, 0.1) is 12.8 Å². The number of aliphatic carboxylic acids is 1. The molecule has 12 nitrogen and oxygen atoms in total. The van der Waals surface area contributed by atoms with E-state index in [0.29, 0.717) is 24.7 Å². The second-order valence-electron chi connectivity index (χ2n) is 9.58. The largest absolute Gasteiger partial charge is 0.504 e. The fourth-order valence-corrected chi connectivity index (χ4v) is 4.54. The van der Waals surface area contributed by atoms with Crippen LogP contribution in [0.25, 0.3) is 11.1 Å². The zero-order valence-electron chi connectivity index (χ0n) is 22.4. The number of aromatic nitrogens is 3. The maximum absolute atomic E-state index is 12.3. The molecule has 1 aromatic carbocycles. The fraction of sp³-hybridized carbons (Fsp3) is 0.357. The van der Waals surface area contributed by atoms with Crippen molar-refractivity contribution in [1.82, 2.24) is 25.6 Å². The van der Waals surface area contributed by atoms with Gasteiger partial charge in [0.05, 0.1) is 12.8 Å². The van der Waals surface area contributed by atoms with E-state index in [-0.39, 0.29) is 17.1 Å². The molecule has 2 amide bonds. The second-order valence-corrected chi connectivity index (χ2v) is 9.58. The SMILES string of the molecule is COC(=O)NCc1ccc(-c2ccc(N3CCC(Cc4nc(C)c(O)c(C(=O)NCC(=O)O)n4)CC3)nc2)cc1. The highest BCUT2D eigenvalue weighted by Gasteiger charge is 2.24. The third kappa shape index (κ3) is 7.22. The highest BCUT2D eigenvalue weighted by Crippen LogP contribution is 2.27. The monoisotopic (exact) mass is 548 g/mol. The number of alkyl carbamates (subject to hydrolysis) is 1. The number of aryl methyl sites for hydroxylation is 1. The molecule has 0 radical (unpaired) electrons. The average Bonchev–Trinajstić information content (AvgIpc) is 2.97. The number of amides is 2. The van der Waals surface area contributed by atoms with Gasteiger partial charge in [0.1, 0.15) is 18.2 Å². The minimum absolute atomic E-state index is 0.210. The smallest absolute Gasteiger partial charge is 0.407 e. The van der Waals surface area contributed by atoms with Crippen LogP contribution in [0.2, 0.25) is 0 Å². The molecular weight excluding hydrogens is 516 g/mol. The van der Waals surface area contributed by atoms with Gasteiger partial charge in [0, 0.05) is 37.8 Å². The summed E-state index contributed by atoms with van der Waals surface area (Å²) >= 11 is 0. The van der Waals surface area contributed by atoms with E-state index in [2.05, 4.69) is 35.2 Å². The molecule has 0 atom stereocenters. The number of aromatic hydroxyl groups is 1.